The second-order valence-electron chi connectivity index (χ2n) is 7.70. The molecule has 7 nitrogen and oxygen atoms in total. The minimum atomic E-state index is 0.567. The monoisotopic (exact) mass is 373 g/mol. The molecule has 1 aliphatic carbocycles. The summed E-state index contributed by atoms with van der Waals surface area (Å²) in [6, 6.07) is 10.1. The van der Waals surface area contributed by atoms with Crippen LogP contribution in [-0.4, -0.2) is 50.7 Å². The van der Waals surface area contributed by atoms with Crippen LogP contribution in [0.25, 0.3) is 5.65 Å². The van der Waals surface area contributed by atoms with Crippen LogP contribution in [0, 0.1) is 11.3 Å². The number of hydrogen-bond donors (Lipinski definition) is 0. The highest BCUT2D eigenvalue weighted by Crippen LogP contribution is 2.39. The first-order valence-corrected chi connectivity index (χ1v) is 9.98. The predicted octanol–water partition coefficient (Wildman–Crippen LogP) is 2.59. The summed E-state index contributed by atoms with van der Waals surface area (Å²) in [5.74, 6) is 2.59. The van der Waals surface area contributed by atoms with Gasteiger partial charge in [0, 0.05) is 51.0 Å². The van der Waals surface area contributed by atoms with Crippen molar-refractivity contribution in [1.82, 2.24) is 24.5 Å². The Morgan fingerprint density at radius 2 is 1.89 bits per heavy atom. The quantitative estimate of drug-likeness (QED) is 0.700. The SMILES string of the molecule is N#Cc1ccc(CN2CCCN(c3nccn4c(C5CC5)nnc34)CC2)cc1. The van der Waals surface area contributed by atoms with Crippen LogP contribution in [0.3, 0.4) is 0 Å². The van der Waals surface area contributed by atoms with Crippen LogP contribution in [-0.2, 0) is 6.54 Å². The van der Waals surface area contributed by atoms with Crippen LogP contribution >= 0.6 is 0 Å². The zero-order valence-corrected chi connectivity index (χ0v) is 15.8. The molecule has 0 atom stereocenters. The van der Waals surface area contributed by atoms with Crippen molar-refractivity contribution in [3.05, 3.63) is 53.6 Å². The van der Waals surface area contributed by atoms with Gasteiger partial charge in [0.1, 0.15) is 5.82 Å². The molecule has 5 rings (SSSR count). The van der Waals surface area contributed by atoms with E-state index in [-0.39, 0.29) is 0 Å². The predicted molar refractivity (Wildman–Crippen MR) is 106 cm³/mol. The summed E-state index contributed by atoms with van der Waals surface area (Å²) in [6.45, 7) is 4.84. The topological polar surface area (TPSA) is 73.4 Å². The molecule has 1 saturated carbocycles. The molecule has 3 aromatic rings. The van der Waals surface area contributed by atoms with Crippen molar-refractivity contribution in [2.24, 2.45) is 0 Å². The molecular formula is C21H23N7. The summed E-state index contributed by atoms with van der Waals surface area (Å²) >= 11 is 0. The molecule has 3 heterocycles. The van der Waals surface area contributed by atoms with Gasteiger partial charge >= 0.3 is 0 Å². The molecule has 2 fully saturated rings. The smallest absolute Gasteiger partial charge is 0.203 e. The lowest BCUT2D eigenvalue weighted by atomic mass is 10.1. The summed E-state index contributed by atoms with van der Waals surface area (Å²) in [6.07, 6.45) is 7.38. The van der Waals surface area contributed by atoms with E-state index >= 15 is 0 Å². The van der Waals surface area contributed by atoms with E-state index in [2.05, 4.69) is 47.6 Å². The average molecular weight is 373 g/mol. The maximum absolute atomic E-state index is 8.95. The van der Waals surface area contributed by atoms with Crippen molar-refractivity contribution < 1.29 is 0 Å². The first-order chi connectivity index (χ1) is 13.8. The van der Waals surface area contributed by atoms with Crippen molar-refractivity contribution in [3.8, 4) is 6.07 Å². The fourth-order valence-corrected chi connectivity index (χ4v) is 3.96. The molecule has 1 aromatic carbocycles. The molecule has 0 N–H and O–H groups in total. The van der Waals surface area contributed by atoms with Gasteiger partial charge in [0.25, 0.3) is 0 Å². The van der Waals surface area contributed by atoms with Gasteiger partial charge in [-0.1, -0.05) is 12.1 Å². The van der Waals surface area contributed by atoms with Gasteiger partial charge in [-0.2, -0.15) is 5.26 Å². The molecule has 0 spiro atoms. The Balaban J connectivity index is 1.30. The van der Waals surface area contributed by atoms with E-state index in [0.717, 1.165) is 56.4 Å². The summed E-state index contributed by atoms with van der Waals surface area (Å²) < 4.78 is 2.12. The fourth-order valence-electron chi connectivity index (χ4n) is 3.96. The summed E-state index contributed by atoms with van der Waals surface area (Å²) in [7, 11) is 0. The van der Waals surface area contributed by atoms with Crippen molar-refractivity contribution >= 4 is 11.5 Å². The first-order valence-electron chi connectivity index (χ1n) is 9.98. The van der Waals surface area contributed by atoms with Gasteiger partial charge in [0.2, 0.25) is 5.65 Å². The number of hydrogen-bond acceptors (Lipinski definition) is 6. The van der Waals surface area contributed by atoms with Gasteiger partial charge in [-0.25, -0.2) is 4.98 Å². The number of aromatic nitrogens is 4. The number of nitrogens with zero attached hydrogens (tertiary/aromatic N) is 7. The third-order valence-electron chi connectivity index (χ3n) is 5.65. The van der Waals surface area contributed by atoms with E-state index in [9.17, 15) is 0 Å². The second kappa shape index (κ2) is 7.21. The number of rotatable bonds is 4. The number of anilines is 1. The normalized spacial score (nSPS) is 18.2. The van der Waals surface area contributed by atoms with Gasteiger partial charge in [0.05, 0.1) is 11.6 Å². The highest BCUT2D eigenvalue weighted by molar-refractivity contribution is 5.64. The Labute approximate surface area is 164 Å². The maximum atomic E-state index is 8.95. The third kappa shape index (κ3) is 3.32. The van der Waals surface area contributed by atoms with E-state index in [0.29, 0.717) is 11.5 Å². The van der Waals surface area contributed by atoms with E-state index < -0.39 is 0 Å². The largest absolute Gasteiger partial charge is 0.352 e. The maximum Gasteiger partial charge on any atom is 0.203 e. The van der Waals surface area contributed by atoms with Gasteiger partial charge in [-0.05, 0) is 37.0 Å². The Morgan fingerprint density at radius 1 is 1.04 bits per heavy atom. The van der Waals surface area contributed by atoms with Crippen molar-refractivity contribution in [2.45, 2.75) is 31.7 Å². The van der Waals surface area contributed by atoms with Crippen molar-refractivity contribution in [3.63, 3.8) is 0 Å². The summed E-state index contributed by atoms with van der Waals surface area (Å²) in [4.78, 5) is 9.47. The van der Waals surface area contributed by atoms with Gasteiger partial charge in [-0.15, -0.1) is 10.2 Å². The standard InChI is InChI=1S/C21H23N7/c22-14-16-2-4-17(5-3-16)15-26-9-1-10-27(13-12-26)20-21-25-24-19(18-6-7-18)28(21)11-8-23-20/h2-5,8,11,18H,1,6-7,9-10,12-13,15H2. The molecule has 1 saturated heterocycles. The fraction of sp³-hybridized carbons (Fsp3) is 0.429. The Bertz CT molecular complexity index is 1010. The van der Waals surface area contributed by atoms with Crippen LogP contribution in [0.4, 0.5) is 5.82 Å². The molecule has 0 radical (unpaired) electrons. The average Bonchev–Trinajstić information content (AvgIpc) is 3.52. The van der Waals surface area contributed by atoms with Crippen LogP contribution in [0.15, 0.2) is 36.7 Å². The second-order valence-corrected chi connectivity index (χ2v) is 7.70. The van der Waals surface area contributed by atoms with Gasteiger partial charge in [0.15, 0.2) is 5.82 Å². The highest BCUT2D eigenvalue weighted by atomic mass is 15.3. The van der Waals surface area contributed by atoms with Crippen LogP contribution < -0.4 is 4.90 Å². The zero-order chi connectivity index (χ0) is 18.9. The lowest BCUT2D eigenvalue weighted by molar-refractivity contribution is 0.285. The van der Waals surface area contributed by atoms with Crippen LogP contribution in [0.1, 0.15) is 42.1 Å². The minimum Gasteiger partial charge on any atom is -0.352 e. The molecule has 7 heteroatoms. The van der Waals surface area contributed by atoms with Gasteiger partial charge < -0.3 is 4.90 Å². The Kier molecular flexibility index (Phi) is 4.41. The van der Waals surface area contributed by atoms with Gasteiger partial charge in [-0.3, -0.25) is 9.30 Å². The molecule has 2 aromatic heterocycles. The Hall–Kier alpha value is -2.98. The first kappa shape index (κ1) is 17.1. The van der Waals surface area contributed by atoms with E-state index in [1.807, 2.05) is 24.5 Å². The highest BCUT2D eigenvalue weighted by Gasteiger charge is 2.30. The molecule has 1 aliphatic heterocycles. The number of nitriles is 1. The molecule has 2 aliphatic rings. The van der Waals surface area contributed by atoms with Crippen LogP contribution in [0.5, 0.6) is 0 Å². The number of benzene rings is 1. The van der Waals surface area contributed by atoms with Crippen molar-refractivity contribution in [2.75, 3.05) is 31.1 Å². The van der Waals surface area contributed by atoms with Crippen LogP contribution in [0.2, 0.25) is 0 Å². The molecular weight excluding hydrogens is 350 g/mol. The van der Waals surface area contributed by atoms with E-state index in [1.54, 1.807) is 0 Å². The lowest BCUT2D eigenvalue weighted by Gasteiger charge is -2.23. The number of fused-ring (bicyclic) bond motifs is 1. The van der Waals surface area contributed by atoms with E-state index in [4.69, 9.17) is 5.26 Å². The molecule has 0 bridgehead atoms. The molecule has 0 unspecified atom stereocenters. The van der Waals surface area contributed by atoms with Crippen molar-refractivity contribution in [1.29, 1.82) is 5.26 Å². The lowest BCUT2D eigenvalue weighted by Crippen LogP contribution is -2.31. The Morgan fingerprint density at radius 3 is 2.68 bits per heavy atom. The molecule has 142 valence electrons. The van der Waals surface area contributed by atoms with E-state index in [1.165, 1.54) is 18.4 Å². The summed E-state index contributed by atoms with van der Waals surface area (Å²) in [5.41, 5.74) is 2.84. The third-order valence-corrected chi connectivity index (χ3v) is 5.65. The minimum absolute atomic E-state index is 0.567. The zero-order valence-electron chi connectivity index (χ0n) is 15.8. The molecule has 28 heavy (non-hydrogen) atoms. The summed E-state index contributed by atoms with van der Waals surface area (Å²) in [5, 5.41) is 17.8. The molecule has 0 amide bonds.